The van der Waals surface area contributed by atoms with Crippen molar-refractivity contribution in [1.82, 2.24) is 34.2 Å². The van der Waals surface area contributed by atoms with Gasteiger partial charge in [0.15, 0.2) is 0 Å². The highest BCUT2D eigenvalue weighted by molar-refractivity contribution is 7.91. The maximum atomic E-state index is 13.5. The van der Waals surface area contributed by atoms with E-state index in [1.165, 1.54) is 23.2 Å². The fourth-order valence-corrected chi connectivity index (χ4v) is 5.45. The van der Waals surface area contributed by atoms with Crippen molar-refractivity contribution in [3.8, 4) is 5.69 Å². The summed E-state index contributed by atoms with van der Waals surface area (Å²) < 4.78 is 60.2. The minimum absolute atomic E-state index is 0.0807. The van der Waals surface area contributed by atoms with Crippen LogP contribution in [0.1, 0.15) is 5.69 Å². The van der Waals surface area contributed by atoms with Gasteiger partial charge >= 0.3 is 17.1 Å². The Hall–Kier alpha value is -7.03. The zero-order valence-corrected chi connectivity index (χ0v) is 28.5. The van der Waals surface area contributed by atoms with Gasteiger partial charge in [-0.05, 0) is 12.1 Å². The average Bonchev–Trinajstić information content (AvgIpc) is 3.51. The minimum Gasteiger partial charge on any atom is -0.352 e. The van der Waals surface area contributed by atoms with E-state index < -0.39 is 75.0 Å². The van der Waals surface area contributed by atoms with Crippen LogP contribution in [0, 0.1) is 26.0 Å². The van der Waals surface area contributed by atoms with Crippen LogP contribution >= 0.6 is 0 Å². The number of benzene rings is 2. The number of imidazole rings is 1. The van der Waals surface area contributed by atoms with Crippen LogP contribution in [0.25, 0.3) is 27.5 Å². The summed E-state index contributed by atoms with van der Waals surface area (Å²) in [5.41, 5.74) is -6.09. The van der Waals surface area contributed by atoms with Crippen molar-refractivity contribution in [3.63, 3.8) is 0 Å². The van der Waals surface area contributed by atoms with Gasteiger partial charge in [0.1, 0.15) is 5.69 Å². The molecule has 0 aliphatic heterocycles. The first-order valence-electron chi connectivity index (χ1n) is 14.1. The second kappa shape index (κ2) is 14.7. The first-order valence-corrected chi connectivity index (χ1v) is 17.9. The molecule has 0 saturated heterocycles. The predicted octanol–water partition coefficient (Wildman–Crippen LogP) is -1.63. The highest BCUT2D eigenvalue weighted by Gasteiger charge is 2.22. The van der Waals surface area contributed by atoms with E-state index >= 15 is 0 Å². The SMILES string of the molecule is C=CCNC(=O)Cc1cn(-c2cc3c(=O)n(NS(C)(=O)=O)c(=O)[nH]c3cc2[N+](=O)[O-])cn1.CS(=O)(=O)Nn1c(=O)[nH]c2cc([N+](=O)[O-])c(F)cc2c1=O. The lowest BCUT2D eigenvalue weighted by molar-refractivity contribution is -0.387. The fraction of sp³-hybridized carbons (Fsp3) is 0.154. The Balaban J connectivity index is 0.000000258. The molecule has 5 aromatic rings. The van der Waals surface area contributed by atoms with Gasteiger partial charge in [0.2, 0.25) is 31.8 Å². The number of amides is 1. The van der Waals surface area contributed by atoms with Crippen molar-refractivity contribution in [1.29, 1.82) is 0 Å². The molecule has 5 N–H and O–H groups in total. The summed E-state index contributed by atoms with van der Waals surface area (Å²) in [7, 11) is -7.90. The fourth-order valence-electron chi connectivity index (χ4n) is 4.46. The van der Waals surface area contributed by atoms with Crippen molar-refractivity contribution in [3.05, 3.63) is 123 Å². The summed E-state index contributed by atoms with van der Waals surface area (Å²) in [4.78, 5) is 92.4. The lowest BCUT2D eigenvalue weighted by Gasteiger charge is -2.09. The number of hydrogen-bond donors (Lipinski definition) is 5. The van der Waals surface area contributed by atoms with Gasteiger partial charge in [-0.15, -0.1) is 6.58 Å². The molecular weight excluding hydrogens is 757 g/mol. The van der Waals surface area contributed by atoms with Crippen molar-refractivity contribution in [2.75, 3.05) is 28.7 Å². The summed E-state index contributed by atoms with van der Waals surface area (Å²) in [6.07, 6.45) is 5.47. The standard InChI is InChI=1S/C17H17N7O7S.C9H7FN4O6S/c1-3-4-18-15(25)5-10-8-22(9-19-10)13-6-11-12(7-14(13)24(28)29)20-17(27)23(16(11)26)21-32(2,30)31;1-21(19,20)12-13-8(15)4-2-5(10)7(14(17)18)3-6(4)11-9(13)16/h3,6-9,21H,1,4-5H2,2H3,(H,18,25)(H,20,27);2-3,12H,1H3,(H,11,16). The molecular formula is C26H24FN11O13S2. The van der Waals surface area contributed by atoms with Crippen molar-refractivity contribution >= 4 is 59.1 Å². The Morgan fingerprint density at radius 2 is 1.38 bits per heavy atom. The van der Waals surface area contributed by atoms with Crippen LogP contribution in [-0.4, -0.2) is 80.5 Å². The number of halogens is 1. The topological polar surface area (TPSA) is 335 Å². The summed E-state index contributed by atoms with van der Waals surface area (Å²) in [6, 6.07) is 3.33. The lowest BCUT2D eigenvalue weighted by atomic mass is 10.2. The molecule has 0 radical (unpaired) electrons. The maximum Gasteiger partial charge on any atom is 0.348 e. The monoisotopic (exact) mass is 781 g/mol. The second-order valence-corrected chi connectivity index (χ2v) is 14.1. The Kier molecular flexibility index (Phi) is 10.7. The first kappa shape index (κ1) is 38.8. The number of fused-ring (bicyclic) bond motifs is 2. The van der Waals surface area contributed by atoms with Gasteiger partial charge in [0, 0.05) is 24.9 Å². The smallest absolute Gasteiger partial charge is 0.348 e. The number of H-pyrrole nitrogens is 2. The van der Waals surface area contributed by atoms with Crippen molar-refractivity contribution in [2.24, 2.45) is 0 Å². The molecule has 53 heavy (non-hydrogen) atoms. The van der Waals surface area contributed by atoms with E-state index in [4.69, 9.17) is 0 Å². The van der Waals surface area contributed by atoms with Gasteiger partial charge in [0.05, 0.1) is 62.6 Å². The number of nitrogens with zero attached hydrogens (tertiary/aromatic N) is 6. The van der Waals surface area contributed by atoms with Crippen LogP contribution in [-0.2, 0) is 31.3 Å². The lowest BCUT2D eigenvalue weighted by Crippen LogP contribution is -2.43. The Labute approximate surface area is 292 Å². The van der Waals surface area contributed by atoms with E-state index in [2.05, 4.69) is 26.8 Å². The minimum atomic E-state index is -3.96. The zero-order valence-electron chi connectivity index (χ0n) is 26.8. The number of nitrogens with one attached hydrogen (secondary N) is 5. The van der Waals surface area contributed by atoms with E-state index in [0.717, 1.165) is 18.4 Å². The van der Waals surface area contributed by atoms with Gasteiger partial charge < -0.3 is 15.3 Å². The van der Waals surface area contributed by atoms with E-state index in [1.54, 1.807) is 9.66 Å². The summed E-state index contributed by atoms with van der Waals surface area (Å²) in [5, 5.41) is 24.1. The molecule has 0 bridgehead atoms. The Morgan fingerprint density at radius 1 is 0.887 bits per heavy atom. The van der Waals surface area contributed by atoms with E-state index in [1.807, 2.05) is 0 Å². The van der Waals surface area contributed by atoms with Gasteiger partial charge in [-0.2, -0.15) is 13.7 Å². The highest BCUT2D eigenvalue weighted by atomic mass is 32.2. The molecule has 3 aromatic heterocycles. The maximum absolute atomic E-state index is 13.5. The van der Waals surface area contributed by atoms with Crippen LogP contribution in [0.3, 0.4) is 0 Å². The molecule has 1 amide bonds. The molecule has 24 nitrogen and oxygen atoms in total. The van der Waals surface area contributed by atoms with E-state index in [0.29, 0.717) is 24.1 Å². The summed E-state index contributed by atoms with van der Waals surface area (Å²) in [6.45, 7) is 3.75. The number of aromatic amines is 2. The number of sulfonamides is 2. The number of carbonyl (C=O) groups is 1. The van der Waals surface area contributed by atoms with Crippen LogP contribution in [0.5, 0.6) is 0 Å². The quantitative estimate of drug-likeness (QED) is 0.0571. The largest absolute Gasteiger partial charge is 0.352 e. The normalized spacial score (nSPS) is 11.4. The molecule has 0 saturated carbocycles. The number of aromatic nitrogens is 6. The molecule has 3 heterocycles. The molecule has 27 heteroatoms. The molecule has 0 aliphatic carbocycles. The van der Waals surface area contributed by atoms with E-state index in [9.17, 15) is 65.4 Å². The number of nitro benzene ring substituents is 2. The summed E-state index contributed by atoms with van der Waals surface area (Å²) >= 11 is 0. The van der Waals surface area contributed by atoms with Crippen molar-refractivity contribution in [2.45, 2.75) is 6.42 Å². The van der Waals surface area contributed by atoms with Gasteiger partial charge in [0.25, 0.3) is 16.8 Å². The molecule has 0 atom stereocenters. The van der Waals surface area contributed by atoms with Crippen LogP contribution in [0.2, 0.25) is 0 Å². The molecule has 2 aromatic carbocycles. The number of nitro groups is 2. The number of hydrogen-bond acceptors (Lipinski definition) is 14. The predicted molar refractivity (Wildman–Crippen MR) is 183 cm³/mol. The number of carbonyl (C=O) groups excluding carboxylic acids is 1. The zero-order chi connectivity index (χ0) is 39.6. The van der Waals surface area contributed by atoms with Gasteiger partial charge in [-0.25, -0.2) is 41.1 Å². The number of rotatable bonds is 11. The molecule has 0 spiro atoms. The average molecular weight is 782 g/mol. The molecule has 0 aliphatic rings. The van der Waals surface area contributed by atoms with Gasteiger partial charge in [-0.3, -0.25) is 39.2 Å². The third-order valence-electron chi connectivity index (χ3n) is 6.57. The first-order chi connectivity index (χ1) is 24.6. The van der Waals surface area contributed by atoms with Crippen LogP contribution in [0.4, 0.5) is 15.8 Å². The highest BCUT2D eigenvalue weighted by Crippen LogP contribution is 2.27. The Morgan fingerprint density at radius 3 is 1.85 bits per heavy atom. The Bertz CT molecular complexity index is 2820. The van der Waals surface area contributed by atoms with Crippen molar-refractivity contribution < 1.29 is 35.9 Å². The third-order valence-corrected chi connectivity index (χ3v) is 7.59. The van der Waals surface area contributed by atoms with Crippen LogP contribution in [0.15, 0.2) is 68.6 Å². The molecule has 0 fully saturated rings. The molecule has 280 valence electrons. The second-order valence-electron chi connectivity index (χ2n) is 10.7. The molecule has 0 unspecified atom stereocenters. The van der Waals surface area contributed by atoms with E-state index in [-0.39, 0.29) is 50.3 Å². The third kappa shape index (κ3) is 9.02. The summed E-state index contributed by atoms with van der Waals surface area (Å²) in [5.74, 6) is -1.63. The molecule has 5 rings (SSSR count). The van der Waals surface area contributed by atoms with Crippen LogP contribution < -0.4 is 37.5 Å². The van der Waals surface area contributed by atoms with Gasteiger partial charge in [-0.1, -0.05) is 6.08 Å².